The number of guanidine groups is 1. The first kappa shape index (κ1) is 7.62. The Morgan fingerprint density at radius 2 is 2.50 bits per heavy atom. The molecular weight excluding hydrogens is 168 g/mol. The van der Waals surface area contributed by atoms with Crippen LogP contribution in [0.1, 0.15) is 0 Å². The van der Waals surface area contributed by atoms with Crippen LogP contribution >= 0.6 is 21.6 Å². The van der Waals surface area contributed by atoms with E-state index >= 15 is 0 Å². The Bertz CT molecular complexity index is 188. The lowest BCUT2D eigenvalue weighted by atomic mass is 10.6. The zero-order valence-corrected chi connectivity index (χ0v) is 6.65. The van der Waals surface area contributed by atoms with Crippen molar-refractivity contribution in [3.05, 3.63) is 11.5 Å². The van der Waals surface area contributed by atoms with E-state index in [-0.39, 0.29) is 11.3 Å². The summed E-state index contributed by atoms with van der Waals surface area (Å²) >= 11 is 0. The minimum atomic E-state index is -0.245. The highest BCUT2D eigenvalue weighted by Gasteiger charge is 2.07. The fourth-order valence-electron chi connectivity index (χ4n) is 0.397. The van der Waals surface area contributed by atoms with Crippen molar-refractivity contribution in [2.24, 2.45) is 16.0 Å². The molecule has 4 nitrogen and oxygen atoms in total. The fraction of sp³-hybridized carbons (Fsp3) is 0.250. The summed E-state index contributed by atoms with van der Waals surface area (Å²) in [4.78, 5) is 0. The van der Waals surface area contributed by atoms with Crippen LogP contribution in [0, 0.1) is 5.41 Å². The fourth-order valence-corrected chi connectivity index (χ4v) is 2.15. The molecule has 0 saturated carbocycles. The van der Waals surface area contributed by atoms with Gasteiger partial charge in [0.25, 0.3) is 0 Å². The first-order valence-corrected chi connectivity index (χ1v) is 4.80. The van der Waals surface area contributed by atoms with Gasteiger partial charge in [-0.1, -0.05) is 21.6 Å². The van der Waals surface area contributed by atoms with Crippen LogP contribution in [0.4, 0.5) is 0 Å². The molecule has 1 aliphatic rings. The number of nitrogens with one attached hydrogen (secondary N) is 1. The third-order valence-electron chi connectivity index (χ3n) is 0.732. The maximum Gasteiger partial charge on any atom is 0.232 e. The topological polar surface area (TPSA) is 74.6 Å². The summed E-state index contributed by atoms with van der Waals surface area (Å²) in [5.74, 6) is -0.245. The average Bonchev–Trinajstić information content (AvgIpc) is 2.34. The molecule has 0 radical (unpaired) electrons. The van der Waals surface area contributed by atoms with Gasteiger partial charge < -0.3 is 5.73 Å². The second kappa shape index (κ2) is 3.62. The molecule has 0 aliphatic carbocycles. The van der Waals surface area contributed by atoms with Crippen molar-refractivity contribution in [3.63, 3.8) is 0 Å². The lowest BCUT2D eigenvalue weighted by Gasteiger charge is -1.93. The minimum absolute atomic E-state index is 0.0360. The molecule has 6 heteroatoms. The highest BCUT2D eigenvalue weighted by atomic mass is 33.1. The van der Waals surface area contributed by atoms with Gasteiger partial charge in [0, 0.05) is 0 Å². The van der Waals surface area contributed by atoms with Crippen molar-refractivity contribution in [1.29, 1.82) is 5.41 Å². The lowest BCUT2D eigenvalue weighted by molar-refractivity contribution is 1.03. The molecule has 1 aliphatic heterocycles. The van der Waals surface area contributed by atoms with Gasteiger partial charge in [0.1, 0.15) is 5.37 Å². The van der Waals surface area contributed by atoms with Gasteiger partial charge in [-0.25, -0.2) is 0 Å². The van der Waals surface area contributed by atoms with E-state index in [0.717, 1.165) is 0 Å². The first-order valence-electron chi connectivity index (χ1n) is 2.53. The summed E-state index contributed by atoms with van der Waals surface area (Å²) in [6.07, 6.45) is 1.90. The van der Waals surface area contributed by atoms with Crippen molar-refractivity contribution >= 4 is 27.5 Å². The Balaban J connectivity index is 2.37. The molecule has 1 heterocycles. The van der Waals surface area contributed by atoms with Gasteiger partial charge in [-0.15, -0.1) is 5.11 Å². The molecule has 1 unspecified atom stereocenters. The summed E-state index contributed by atoms with van der Waals surface area (Å²) in [5.41, 5.74) is 4.95. The monoisotopic (exact) mass is 174 g/mol. The first-order chi connectivity index (χ1) is 4.79. The molecule has 3 N–H and O–H groups in total. The Hall–Kier alpha value is -0.490. The van der Waals surface area contributed by atoms with Gasteiger partial charge in [-0.2, -0.15) is 5.11 Å². The number of nitrogens with zero attached hydrogens (tertiary/aromatic N) is 2. The molecular formula is C4H6N4S2. The lowest BCUT2D eigenvalue weighted by Crippen LogP contribution is -2.04. The van der Waals surface area contributed by atoms with Gasteiger partial charge in [0.2, 0.25) is 5.96 Å². The van der Waals surface area contributed by atoms with Crippen LogP contribution in [-0.4, -0.2) is 11.3 Å². The maximum atomic E-state index is 6.74. The largest absolute Gasteiger partial charge is 0.367 e. The molecule has 54 valence electrons. The van der Waals surface area contributed by atoms with Crippen LogP contribution in [0.2, 0.25) is 0 Å². The van der Waals surface area contributed by atoms with Gasteiger partial charge in [0.15, 0.2) is 0 Å². The molecule has 0 spiro atoms. The maximum absolute atomic E-state index is 6.74. The number of rotatable bonds is 1. The van der Waals surface area contributed by atoms with E-state index < -0.39 is 0 Å². The van der Waals surface area contributed by atoms with Crippen LogP contribution in [0.5, 0.6) is 0 Å². The molecule has 0 bridgehead atoms. The quantitative estimate of drug-likeness (QED) is 0.274. The highest BCUT2D eigenvalue weighted by molar-refractivity contribution is 8.78. The molecule has 0 aromatic carbocycles. The second-order valence-corrected chi connectivity index (χ2v) is 3.81. The summed E-state index contributed by atoms with van der Waals surface area (Å²) in [7, 11) is 3.18. The number of azo groups is 1. The third kappa shape index (κ3) is 2.40. The van der Waals surface area contributed by atoms with Crippen molar-refractivity contribution in [2.45, 2.75) is 5.37 Å². The van der Waals surface area contributed by atoms with E-state index in [4.69, 9.17) is 11.1 Å². The summed E-state index contributed by atoms with van der Waals surface area (Å²) < 4.78 is 0. The van der Waals surface area contributed by atoms with E-state index in [9.17, 15) is 0 Å². The number of hydrogen-bond acceptors (Lipinski definition) is 4. The van der Waals surface area contributed by atoms with Crippen molar-refractivity contribution < 1.29 is 0 Å². The summed E-state index contributed by atoms with van der Waals surface area (Å²) in [6, 6.07) is 0. The van der Waals surface area contributed by atoms with E-state index in [2.05, 4.69) is 10.2 Å². The molecule has 1 rings (SSSR count). The summed E-state index contributed by atoms with van der Waals surface area (Å²) in [5, 5.41) is 15.9. The molecule has 0 aromatic rings. The summed E-state index contributed by atoms with van der Waals surface area (Å²) in [6.45, 7) is 0. The predicted molar refractivity (Wildman–Crippen MR) is 44.9 cm³/mol. The van der Waals surface area contributed by atoms with E-state index in [1.807, 2.05) is 11.5 Å². The van der Waals surface area contributed by atoms with Crippen molar-refractivity contribution in [1.82, 2.24) is 0 Å². The van der Waals surface area contributed by atoms with Crippen LogP contribution in [-0.2, 0) is 0 Å². The van der Waals surface area contributed by atoms with E-state index in [0.29, 0.717) is 0 Å². The van der Waals surface area contributed by atoms with Crippen LogP contribution < -0.4 is 5.73 Å². The van der Waals surface area contributed by atoms with Gasteiger partial charge in [-0.05, 0) is 11.5 Å². The smallest absolute Gasteiger partial charge is 0.232 e. The molecule has 1 atom stereocenters. The second-order valence-electron chi connectivity index (χ2n) is 1.51. The average molecular weight is 174 g/mol. The Kier molecular flexibility index (Phi) is 2.76. The third-order valence-corrected chi connectivity index (χ3v) is 2.82. The van der Waals surface area contributed by atoms with Crippen molar-refractivity contribution in [2.75, 3.05) is 0 Å². The predicted octanol–water partition coefficient (Wildman–Crippen LogP) is 1.57. The van der Waals surface area contributed by atoms with Crippen LogP contribution in [0.15, 0.2) is 21.7 Å². The van der Waals surface area contributed by atoms with Gasteiger partial charge in [-0.3, -0.25) is 5.41 Å². The highest BCUT2D eigenvalue weighted by Crippen LogP contribution is 2.35. The molecule has 10 heavy (non-hydrogen) atoms. The molecule has 0 saturated heterocycles. The molecule has 0 aromatic heterocycles. The van der Waals surface area contributed by atoms with Crippen LogP contribution in [0.3, 0.4) is 0 Å². The van der Waals surface area contributed by atoms with Gasteiger partial charge in [0.05, 0.1) is 0 Å². The molecule has 0 fully saturated rings. The Labute approximate surface area is 66.3 Å². The van der Waals surface area contributed by atoms with Crippen molar-refractivity contribution in [3.8, 4) is 0 Å². The van der Waals surface area contributed by atoms with E-state index in [1.54, 1.807) is 21.6 Å². The normalized spacial score (nSPS) is 24.2. The number of hydrogen-bond donors (Lipinski definition) is 2. The molecule has 0 amide bonds. The zero-order valence-electron chi connectivity index (χ0n) is 5.02. The SMILES string of the molecule is N=C(N)N=NC1C=CSS1. The standard InChI is InChI=1S/C4H6N4S2/c5-4(6)8-7-3-1-2-9-10-3/h1-3H,(H3,5,6). The zero-order chi connectivity index (χ0) is 7.40. The minimum Gasteiger partial charge on any atom is -0.367 e. The Morgan fingerprint density at radius 3 is 3.00 bits per heavy atom. The van der Waals surface area contributed by atoms with E-state index in [1.165, 1.54) is 0 Å². The Morgan fingerprint density at radius 1 is 1.70 bits per heavy atom. The van der Waals surface area contributed by atoms with Crippen LogP contribution in [0.25, 0.3) is 0 Å². The number of nitrogens with two attached hydrogens (primary N) is 1. The van der Waals surface area contributed by atoms with Gasteiger partial charge >= 0.3 is 0 Å².